The average molecular weight is 533 g/mol. The van der Waals surface area contributed by atoms with Gasteiger partial charge < -0.3 is 15.1 Å². The van der Waals surface area contributed by atoms with E-state index in [4.69, 9.17) is 9.97 Å². The van der Waals surface area contributed by atoms with Gasteiger partial charge in [-0.3, -0.25) is 9.69 Å². The second-order valence-electron chi connectivity index (χ2n) is 11.0. The molecule has 1 atom stereocenters. The van der Waals surface area contributed by atoms with Crippen molar-refractivity contribution < 1.29 is 4.79 Å². The van der Waals surface area contributed by atoms with Gasteiger partial charge >= 0.3 is 0 Å². The zero-order valence-electron chi connectivity index (χ0n) is 23.3. The van der Waals surface area contributed by atoms with E-state index >= 15 is 0 Å². The van der Waals surface area contributed by atoms with E-state index in [2.05, 4.69) is 72.5 Å². The highest BCUT2D eigenvalue weighted by molar-refractivity contribution is 7.15. The number of carbonyl (C=O) groups is 1. The molecule has 0 unspecified atom stereocenters. The van der Waals surface area contributed by atoms with E-state index in [0.29, 0.717) is 6.04 Å². The number of amides is 1. The topological polar surface area (TPSA) is 64.6 Å². The second-order valence-corrected chi connectivity index (χ2v) is 12.1. The van der Waals surface area contributed by atoms with E-state index in [9.17, 15) is 4.79 Å². The summed E-state index contributed by atoms with van der Waals surface area (Å²) in [6.07, 6.45) is 3.02. The van der Waals surface area contributed by atoms with Crippen molar-refractivity contribution in [1.29, 1.82) is 0 Å². The Balaban J connectivity index is 1.32. The number of carbonyl (C=O) groups excluding carboxylic acids is 1. The minimum atomic E-state index is 0.141. The fourth-order valence-corrected chi connectivity index (χ4v) is 6.85. The van der Waals surface area contributed by atoms with Crippen LogP contribution in [0.15, 0.2) is 36.4 Å². The van der Waals surface area contributed by atoms with E-state index in [-0.39, 0.29) is 11.9 Å². The molecule has 0 saturated carbocycles. The molecule has 1 N–H and O–H groups in total. The lowest BCUT2D eigenvalue weighted by Gasteiger charge is -2.40. The molecule has 202 valence electrons. The Kier molecular flexibility index (Phi) is 8.12. The Labute approximate surface area is 230 Å². The van der Waals surface area contributed by atoms with Gasteiger partial charge in [-0.2, -0.15) is 0 Å². The molecule has 2 aliphatic heterocycles. The van der Waals surface area contributed by atoms with Gasteiger partial charge in [0.05, 0.1) is 11.7 Å². The van der Waals surface area contributed by atoms with Crippen LogP contribution in [0.1, 0.15) is 60.3 Å². The highest BCUT2D eigenvalue weighted by atomic mass is 32.1. The number of nitrogens with zero attached hydrogens (tertiary/aromatic N) is 5. The summed E-state index contributed by atoms with van der Waals surface area (Å²) in [5.41, 5.74) is 5.07. The quantitative estimate of drug-likeness (QED) is 0.456. The van der Waals surface area contributed by atoms with E-state index < -0.39 is 0 Å². The molecular weight excluding hydrogens is 492 g/mol. The molecule has 8 heteroatoms. The normalized spacial score (nSPS) is 17.5. The Morgan fingerprint density at radius 1 is 1.13 bits per heavy atom. The number of likely N-dealkylation sites (tertiary alicyclic amines) is 1. The fraction of sp³-hybridized carbons (Fsp3) is 0.500. The third-order valence-corrected chi connectivity index (χ3v) is 9.11. The third kappa shape index (κ3) is 5.92. The zero-order chi connectivity index (χ0) is 26.8. The molecule has 3 aromatic rings. The summed E-state index contributed by atoms with van der Waals surface area (Å²) in [4.78, 5) is 30.8. The largest absolute Gasteiger partial charge is 0.362 e. The van der Waals surface area contributed by atoms with Crippen LogP contribution in [0, 0.1) is 6.92 Å². The standard InChI is InChI=1S/C30H40N6OS/c1-20(28-10-11-29(38-28)25-9-7-6-8-23(25)18-34(4)5)31-30-26-19-36(17-14-27(26)32-21(2)33-30)24-12-15-35(16-13-24)22(3)37/h6-11,20,24H,12-19H2,1-5H3,(H,31,32,33)/t20-/m1/s1. The molecule has 2 aromatic heterocycles. The number of rotatable bonds is 7. The summed E-state index contributed by atoms with van der Waals surface area (Å²) in [6, 6.07) is 13.9. The Morgan fingerprint density at radius 3 is 2.63 bits per heavy atom. The van der Waals surface area contributed by atoms with E-state index in [1.54, 1.807) is 6.92 Å². The number of thiophene rings is 1. The number of aromatic nitrogens is 2. The van der Waals surface area contributed by atoms with Crippen LogP contribution in [0.4, 0.5) is 5.82 Å². The first-order chi connectivity index (χ1) is 18.3. The van der Waals surface area contributed by atoms with Crippen LogP contribution in [-0.4, -0.2) is 70.3 Å². The van der Waals surface area contributed by atoms with Gasteiger partial charge in [0.15, 0.2) is 0 Å². The number of piperidine rings is 1. The molecule has 1 amide bonds. The van der Waals surface area contributed by atoms with Crippen molar-refractivity contribution >= 4 is 23.1 Å². The molecule has 0 bridgehead atoms. The number of anilines is 1. The summed E-state index contributed by atoms with van der Waals surface area (Å²) < 4.78 is 0. The average Bonchev–Trinajstić information content (AvgIpc) is 3.39. The van der Waals surface area contributed by atoms with Gasteiger partial charge in [-0.25, -0.2) is 9.97 Å². The summed E-state index contributed by atoms with van der Waals surface area (Å²) >= 11 is 1.85. The maximum atomic E-state index is 11.8. The number of fused-ring (bicyclic) bond motifs is 1. The number of hydrogen-bond acceptors (Lipinski definition) is 7. The minimum Gasteiger partial charge on any atom is -0.362 e. The number of benzene rings is 1. The molecular formula is C30H40N6OS. The summed E-state index contributed by atoms with van der Waals surface area (Å²) in [5, 5.41) is 3.76. The van der Waals surface area contributed by atoms with Crippen LogP contribution < -0.4 is 5.32 Å². The van der Waals surface area contributed by atoms with Crippen LogP contribution in [0.5, 0.6) is 0 Å². The first-order valence-corrected chi connectivity index (χ1v) is 14.6. The first kappa shape index (κ1) is 26.8. The fourth-order valence-electron chi connectivity index (χ4n) is 5.78. The third-order valence-electron chi connectivity index (χ3n) is 7.80. The molecule has 2 aliphatic rings. The summed E-state index contributed by atoms with van der Waals surface area (Å²) in [6.45, 7) is 10.4. The summed E-state index contributed by atoms with van der Waals surface area (Å²) in [7, 11) is 4.23. The van der Waals surface area contributed by atoms with E-state index in [0.717, 1.165) is 63.6 Å². The van der Waals surface area contributed by atoms with Crippen molar-refractivity contribution in [2.45, 2.75) is 65.2 Å². The monoisotopic (exact) mass is 532 g/mol. The molecule has 1 fully saturated rings. The summed E-state index contributed by atoms with van der Waals surface area (Å²) in [5.74, 6) is 1.98. The molecule has 0 spiro atoms. The predicted molar refractivity (Wildman–Crippen MR) is 155 cm³/mol. The smallest absolute Gasteiger partial charge is 0.219 e. The predicted octanol–water partition coefficient (Wildman–Crippen LogP) is 5.12. The lowest BCUT2D eigenvalue weighted by Crippen LogP contribution is -2.47. The number of aryl methyl sites for hydroxylation is 1. The number of hydrogen-bond donors (Lipinski definition) is 1. The molecule has 0 radical (unpaired) electrons. The SMILES string of the molecule is CC(=O)N1CCC(N2CCc3nc(C)nc(N[C@H](C)c4ccc(-c5ccccc5CN(C)C)s4)c3C2)CC1. The molecule has 5 rings (SSSR count). The van der Waals surface area contributed by atoms with Crippen LogP contribution in [0.2, 0.25) is 0 Å². The van der Waals surface area contributed by atoms with Crippen molar-refractivity contribution in [3.05, 3.63) is 63.9 Å². The molecule has 0 aliphatic carbocycles. The Bertz CT molecular complexity index is 1280. The molecule has 4 heterocycles. The second kappa shape index (κ2) is 11.5. The van der Waals surface area contributed by atoms with Crippen LogP contribution in [0.3, 0.4) is 0 Å². The van der Waals surface area contributed by atoms with Crippen molar-refractivity contribution in [3.8, 4) is 10.4 Å². The molecule has 1 aromatic carbocycles. The van der Waals surface area contributed by atoms with Crippen molar-refractivity contribution in [2.75, 3.05) is 39.0 Å². The van der Waals surface area contributed by atoms with Gasteiger partial charge in [-0.1, -0.05) is 24.3 Å². The molecule has 1 saturated heterocycles. The maximum absolute atomic E-state index is 11.8. The van der Waals surface area contributed by atoms with Gasteiger partial charge in [0, 0.05) is 67.4 Å². The minimum absolute atomic E-state index is 0.141. The van der Waals surface area contributed by atoms with E-state index in [1.807, 2.05) is 23.2 Å². The van der Waals surface area contributed by atoms with Crippen molar-refractivity contribution in [2.24, 2.45) is 0 Å². The highest BCUT2D eigenvalue weighted by Crippen LogP contribution is 2.36. The molecule has 7 nitrogen and oxygen atoms in total. The van der Waals surface area contributed by atoms with Gasteiger partial charge in [0.2, 0.25) is 5.91 Å². The van der Waals surface area contributed by atoms with Crippen LogP contribution >= 0.6 is 11.3 Å². The first-order valence-electron chi connectivity index (χ1n) is 13.7. The maximum Gasteiger partial charge on any atom is 0.219 e. The van der Waals surface area contributed by atoms with Gasteiger partial charge in [-0.15, -0.1) is 11.3 Å². The van der Waals surface area contributed by atoms with Crippen LogP contribution in [0.25, 0.3) is 10.4 Å². The van der Waals surface area contributed by atoms with Crippen LogP contribution in [-0.2, 0) is 24.3 Å². The lowest BCUT2D eigenvalue weighted by atomic mass is 9.98. The van der Waals surface area contributed by atoms with E-state index in [1.165, 1.54) is 32.1 Å². The Morgan fingerprint density at radius 2 is 1.89 bits per heavy atom. The number of nitrogens with one attached hydrogen (secondary N) is 1. The highest BCUT2D eigenvalue weighted by Gasteiger charge is 2.30. The molecule has 38 heavy (non-hydrogen) atoms. The Hall–Kier alpha value is -2.81. The lowest BCUT2D eigenvalue weighted by molar-refractivity contribution is -0.130. The van der Waals surface area contributed by atoms with Gasteiger partial charge in [-0.05, 0) is 64.0 Å². The zero-order valence-corrected chi connectivity index (χ0v) is 24.1. The van der Waals surface area contributed by atoms with Gasteiger partial charge in [0.25, 0.3) is 0 Å². The van der Waals surface area contributed by atoms with Gasteiger partial charge in [0.1, 0.15) is 11.6 Å². The van der Waals surface area contributed by atoms with Crippen molar-refractivity contribution in [1.82, 2.24) is 24.7 Å². The van der Waals surface area contributed by atoms with Crippen molar-refractivity contribution in [3.63, 3.8) is 0 Å².